The number of amides is 1. The van der Waals surface area contributed by atoms with Crippen LogP contribution in [0.4, 0.5) is 8.78 Å². The van der Waals surface area contributed by atoms with Crippen molar-refractivity contribution in [2.75, 3.05) is 0 Å². The predicted octanol–water partition coefficient (Wildman–Crippen LogP) is 1.61. The van der Waals surface area contributed by atoms with Crippen LogP contribution in [0.25, 0.3) is 11.5 Å². The largest absolute Gasteiger partial charge is 0.342 e. The third-order valence-corrected chi connectivity index (χ3v) is 4.12. The van der Waals surface area contributed by atoms with Gasteiger partial charge in [0.2, 0.25) is 5.82 Å². The van der Waals surface area contributed by atoms with Gasteiger partial charge in [-0.05, 0) is 41.3 Å². The lowest BCUT2D eigenvalue weighted by atomic mass is 10.0. The van der Waals surface area contributed by atoms with E-state index in [1.54, 1.807) is 13.1 Å². The van der Waals surface area contributed by atoms with E-state index >= 15 is 0 Å². The van der Waals surface area contributed by atoms with Crippen LogP contribution in [0, 0.1) is 0 Å². The number of hydrogen-bond donors (Lipinski definition) is 1. The van der Waals surface area contributed by atoms with Crippen molar-refractivity contribution in [2.45, 2.75) is 25.3 Å². The second-order valence-corrected chi connectivity index (χ2v) is 5.84. The molecule has 1 N–H and O–H groups in total. The minimum absolute atomic E-state index is 0.00274. The molecular formula is C15H13F2N7O2. The summed E-state index contributed by atoms with van der Waals surface area (Å²) in [7, 11) is 1.58. The Balaban J connectivity index is 1.53. The van der Waals surface area contributed by atoms with Crippen molar-refractivity contribution in [3.63, 3.8) is 0 Å². The fourth-order valence-electron chi connectivity index (χ4n) is 2.94. The van der Waals surface area contributed by atoms with E-state index in [9.17, 15) is 13.6 Å². The summed E-state index contributed by atoms with van der Waals surface area (Å²) >= 11 is 0. The van der Waals surface area contributed by atoms with E-state index in [0.29, 0.717) is 12.0 Å². The Labute approximate surface area is 145 Å². The number of halogens is 2. The second-order valence-electron chi connectivity index (χ2n) is 5.84. The minimum Gasteiger partial charge on any atom is -0.342 e. The number of carbonyl (C=O) groups excluding carboxylic acids is 1. The molecule has 4 rings (SSSR count). The monoisotopic (exact) mass is 361 g/mol. The molecule has 1 atom stereocenters. The van der Waals surface area contributed by atoms with Gasteiger partial charge in [-0.3, -0.25) is 4.79 Å². The van der Waals surface area contributed by atoms with Crippen molar-refractivity contribution in [1.82, 2.24) is 35.7 Å². The van der Waals surface area contributed by atoms with E-state index in [0.717, 1.165) is 17.5 Å². The molecule has 2 heterocycles. The molecule has 0 saturated heterocycles. The van der Waals surface area contributed by atoms with Crippen molar-refractivity contribution >= 4 is 5.91 Å². The van der Waals surface area contributed by atoms with Gasteiger partial charge in [0.1, 0.15) is 0 Å². The molecule has 3 aromatic rings. The first-order valence-electron chi connectivity index (χ1n) is 7.81. The van der Waals surface area contributed by atoms with E-state index in [-0.39, 0.29) is 17.8 Å². The zero-order valence-electron chi connectivity index (χ0n) is 13.6. The highest BCUT2D eigenvalue weighted by Crippen LogP contribution is 2.34. The average molecular weight is 361 g/mol. The highest BCUT2D eigenvalue weighted by Gasteiger charge is 2.27. The molecule has 0 radical (unpaired) electrons. The summed E-state index contributed by atoms with van der Waals surface area (Å²) in [6.45, 7) is 0. The number of rotatable bonds is 4. The molecule has 0 aliphatic heterocycles. The van der Waals surface area contributed by atoms with E-state index in [4.69, 9.17) is 4.52 Å². The number of nitrogens with one attached hydrogen (secondary N) is 1. The number of benzene rings is 1. The Morgan fingerprint density at radius 3 is 2.96 bits per heavy atom. The summed E-state index contributed by atoms with van der Waals surface area (Å²) in [6.07, 6.45) is -1.36. The van der Waals surface area contributed by atoms with Crippen molar-refractivity contribution in [3.8, 4) is 11.5 Å². The second kappa shape index (κ2) is 6.24. The standard InChI is InChI=1S/C15H13F2N7O2/c1-24-21-13(20-23-24)14(25)18-10-5-3-7-6-8(2-4-9(7)10)15-19-12(11(16)17)22-26-15/h2,4,6,10-11H,3,5H2,1H3,(H,18,25)/t10-/m1/s1. The number of carbonyl (C=O) groups is 1. The molecule has 0 saturated carbocycles. The molecule has 2 aromatic heterocycles. The van der Waals surface area contributed by atoms with Gasteiger partial charge in [-0.15, -0.1) is 10.2 Å². The molecule has 1 amide bonds. The smallest absolute Gasteiger partial charge is 0.300 e. The van der Waals surface area contributed by atoms with Gasteiger partial charge < -0.3 is 9.84 Å². The van der Waals surface area contributed by atoms with Crippen molar-refractivity contribution < 1.29 is 18.1 Å². The van der Waals surface area contributed by atoms with Gasteiger partial charge in [0, 0.05) is 5.56 Å². The van der Waals surface area contributed by atoms with Crippen LogP contribution < -0.4 is 5.32 Å². The van der Waals surface area contributed by atoms with Gasteiger partial charge in [0.15, 0.2) is 0 Å². The number of nitrogens with zero attached hydrogens (tertiary/aromatic N) is 6. The number of aromatic nitrogens is 6. The summed E-state index contributed by atoms with van der Waals surface area (Å²) in [6, 6.07) is 5.14. The lowest BCUT2D eigenvalue weighted by Gasteiger charge is -2.12. The van der Waals surface area contributed by atoms with Crippen LogP contribution in [0.3, 0.4) is 0 Å². The van der Waals surface area contributed by atoms with Gasteiger partial charge in [-0.25, -0.2) is 8.78 Å². The lowest BCUT2D eigenvalue weighted by molar-refractivity contribution is 0.0925. The fourth-order valence-corrected chi connectivity index (χ4v) is 2.94. The SMILES string of the molecule is Cn1nnc(C(=O)N[C@@H]2CCc3cc(-c4nc(C(F)F)no4)ccc32)n1. The lowest BCUT2D eigenvalue weighted by Crippen LogP contribution is -2.28. The molecule has 1 aromatic carbocycles. The van der Waals surface area contributed by atoms with Crippen LogP contribution in [0.2, 0.25) is 0 Å². The third-order valence-electron chi connectivity index (χ3n) is 4.12. The molecule has 9 nitrogen and oxygen atoms in total. The van der Waals surface area contributed by atoms with E-state index in [2.05, 4.69) is 30.9 Å². The Morgan fingerprint density at radius 2 is 2.27 bits per heavy atom. The summed E-state index contributed by atoms with van der Waals surface area (Å²) in [5.41, 5.74) is 2.49. The van der Waals surface area contributed by atoms with E-state index in [1.807, 2.05) is 12.1 Å². The molecule has 134 valence electrons. The third kappa shape index (κ3) is 2.91. The average Bonchev–Trinajstić information content (AvgIpc) is 3.34. The van der Waals surface area contributed by atoms with Gasteiger partial charge in [0.25, 0.3) is 17.6 Å². The number of aryl methyl sites for hydroxylation is 2. The Hall–Kier alpha value is -3.24. The van der Waals surface area contributed by atoms with E-state index in [1.165, 1.54) is 4.80 Å². The van der Waals surface area contributed by atoms with Crippen LogP contribution in [0.15, 0.2) is 22.7 Å². The first-order valence-corrected chi connectivity index (χ1v) is 7.81. The number of alkyl halides is 2. The van der Waals surface area contributed by atoms with Crippen LogP contribution in [0.5, 0.6) is 0 Å². The van der Waals surface area contributed by atoms with Gasteiger partial charge >= 0.3 is 6.43 Å². The van der Waals surface area contributed by atoms with Crippen LogP contribution >= 0.6 is 0 Å². The molecule has 0 fully saturated rings. The topological polar surface area (TPSA) is 112 Å². The Morgan fingerprint density at radius 1 is 1.42 bits per heavy atom. The maximum Gasteiger partial charge on any atom is 0.300 e. The molecule has 0 bridgehead atoms. The Bertz CT molecular complexity index is 969. The zero-order chi connectivity index (χ0) is 18.3. The highest BCUT2D eigenvalue weighted by molar-refractivity contribution is 5.90. The van der Waals surface area contributed by atoms with Crippen LogP contribution in [-0.4, -0.2) is 36.3 Å². The van der Waals surface area contributed by atoms with Gasteiger partial charge in [-0.2, -0.15) is 9.78 Å². The number of tetrazole rings is 1. The normalized spacial score (nSPS) is 16.1. The van der Waals surface area contributed by atoms with Crippen molar-refractivity contribution in [2.24, 2.45) is 7.05 Å². The molecule has 0 unspecified atom stereocenters. The number of hydrogen-bond acceptors (Lipinski definition) is 7. The predicted molar refractivity (Wildman–Crippen MR) is 82.0 cm³/mol. The van der Waals surface area contributed by atoms with Gasteiger partial charge in [-0.1, -0.05) is 11.2 Å². The molecule has 1 aliphatic carbocycles. The van der Waals surface area contributed by atoms with Crippen molar-refractivity contribution in [3.05, 3.63) is 41.0 Å². The minimum atomic E-state index is -2.78. The quantitative estimate of drug-likeness (QED) is 0.751. The fraction of sp³-hybridized carbons (Fsp3) is 0.333. The van der Waals surface area contributed by atoms with Crippen LogP contribution in [0.1, 0.15) is 46.5 Å². The highest BCUT2D eigenvalue weighted by atomic mass is 19.3. The maximum atomic E-state index is 12.6. The first kappa shape index (κ1) is 16.2. The molecule has 11 heteroatoms. The first-order chi connectivity index (χ1) is 12.5. The zero-order valence-corrected chi connectivity index (χ0v) is 13.6. The molecule has 1 aliphatic rings. The molecule has 26 heavy (non-hydrogen) atoms. The summed E-state index contributed by atoms with van der Waals surface area (Å²) in [5.74, 6) is -0.997. The van der Waals surface area contributed by atoms with E-state index < -0.39 is 18.2 Å². The maximum absolute atomic E-state index is 12.6. The van der Waals surface area contributed by atoms with Gasteiger partial charge in [0.05, 0.1) is 13.1 Å². The Kier molecular flexibility index (Phi) is 3.90. The summed E-state index contributed by atoms with van der Waals surface area (Å²) < 4.78 is 30.1. The molecule has 0 spiro atoms. The number of fused-ring (bicyclic) bond motifs is 1. The summed E-state index contributed by atoms with van der Waals surface area (Å²) in [5, 5.41) is 17.3. The van der Waals surface area contributed by atoms with Crippen LogP contribution in [-0.2, 0) is 13.5 Å². The molecular weight excluding hydrogens is 348 g/mol. The van der Waals surface area contributed by atoms with Crippen molar-refractivity contribution in [1.29, 1.82) is 0 Å². The summed E-state index contributed by atoms with van der Waals surface area (Å²) in [4.78, 5) is 17.1.